The molecule has 158 valence electrons. The molecule has 0 aliphatic heterocycles. The van der Waals surface area contributed by atoms with E-state index in [0.29, 0.717) is 5.75 Å². The van der Waals surface area contributed by atoms with Crippen LogP contribution in [-0.4, -0.2) is 5.11 Å². The third kappa shape index (κ3) is 7.45. The van der Waals surface area contributed by atoms with Gasteiger partial charge in [0.2, 0.25) is 0 Å². The van der Waals surface area contributed by atoms with Crippen molar-refractivity contribution in [2.24, 2.45) is 23.7 Å². The highest BCUT2D eigenvalue weighted by atomic mass is 16.3. The second-order valence-corrected chi connectivity index (χ2v) is 10.1. The van der Waals surface area contributed by atoms with E-state index in [2.05, 4.69) is 19.1 Å². The molecule has 1 heteroatoms. The van der Waals surface area contributed by atoms with E-state index in [1.165, 1.54) is 108 Å². The van der Waals surface area contributed by atoms with Crippen LogP contribution >= 0.6 is 0 Å². The lowest BCUT2D eigenvalue weighted by Crippen LogP contribution is -2.18. The van der Waals surface area contributed by atoms with Crippen LogP contribution in [0.3, 0.4) is 0 Å². The van der Waals surface area contributed by atoms with Crippen LogP contribution in [0.25, 0.3) is 0 Å². The van der Waals surface area contributed by atoms with Gasteiger partial charge in [0.1, 0.15) is 5.75 Å². The predicted octanol–water partition coefficient (Wildman–Crippen LogP) is 8.30. The number of hydrogen-bond donors (Lipinski definition) is 1. The highest BCUT2D eigenvalue weighted by Crippen LogP contribution is 2.38. The zero-order valence-corrected chi connectivity index (χ0v) is 18.4. The highest BCUT2D eigenvalue weighted by molar-refractivity contribution is 5.25. The second kappa shape index (κ2) is 11.9. The van der Waals surface area contributed by atoms with Crippen LogP contribution in [0.2, 0.25) is 0 Å². The summed E-state index contributed by atoms with van der Waals surface area (Å²) in [5, 5.41) is 9.40. The van der Waals surface area contributed by atoms with Gasteiger partial charge in [0, 0.05) is 0 Å². The maximum absolute atomic E-state index is 9.40. The smallest absolute Gasteiger partial charge is 0.115 e. The topological polar surface area (TPSA) is 20.2 Å². The molecule has 0 saturated heterocycles. The van der Waals surface area contributed by atoms with E-state index in [9.17, 15) is 5.11 Å². The SMILES string of the molecule is CCCCC[C@H]1CC[C@H](CC[C@H]2CC[C@H](CCc3ccc(O)cc3)CC2)CC1. The lowest BCUT2D eigenvalue weighted by molar-refractivity contribution is 0.208. The Morgan fingerprint density at radius 1 is 0.643 bits per heavy atom. The number of unbranched alkanes of at least 4 members (excludes halogenated alkanes) is 2. The summed E-state index contributed by atoms with van der Waals surface area (Å²) in [4.78, 5) is 0. The second-order valence-electron chi connectivity index (χ2n) is 10.1. The zero-order chi connectivity index (χ0) is 19.6. The fourth-order valence-electron chi connectivity index (χ4n) is 5.81. The standard InChI is InChI=1S/C27H44O/c1-2-3-4-5-22-6-8-23(9-7-22)10-11-24-12-14-25(15-13-24)16-17-26-18-20-27(28)21-19-26/h18-25,28H,2-17H2,1H3/t22-,23-,24-,25-. The zero-order valence-electron chi connectivity index (χ0n) is 18.4. The van der Waals surface area contributed by atoms with Gasteiger partial charge in [-0.25, -0.2) is 0 Å². The fraction of sp³-hybridized carbons (Fsp3) is 0.778. The number of phenolic OH excluding ortho intramolecular Hbond substituents is 1. The van der Waals surface area contributed by atoms with Crippen LogP contribution < -0.4 is 0 Å². The number of aromatic hydroxyl groups is 1. The van der Waals surface area contributed by atoms with Crippen LogP contribution in [0.1, 0.15) is 109 Å². The molecule has 0 unspecified atom stereocenters. The van der Waals surface area contributed by atoms with Crippen molar-refractivity contribution in [1.82, 2.24) is 0 Å². The quantitative estimate of drug-likeness (QED) is 0.402. The first kappa shape index (κ1) is 21.7. The Morgan fingerprint density at radius 3 is 1.61 bits per heavy atom. The van der Waals surface area contributed by atoms with Gasteiger partial charge in [-0.1, -0.05) is 109 Å². The summed E-state index contributed by atoms with van der Waals surface area (Å²) in [5.41, 5.74) is 1.38. The van der Waals surface area contributed by atoms with E-state index in [-0.39, 0.29) is 0 Å². The summed E-state index contributed by atoms with van der Waals surface area (Å²) in [6.45, 7) is 2.32. The molecule has 0 amide bonds. The summed E-state index contributed by atoms with van der Waals surface area (Å²) in [5.74, 6) is 4.45. The largest absolute Gasteiger partial charge is 0.508 e. The molecule has 1 nitrogen and oxygen atoms in total. The van der Waals surface area contributed by atoms with Crippen LogP contribution in [0.4, 0.5) is 0 Å². The first-order chi connectivity index (χ1) is 13.7. The Balaban J connectivity index is 1.24. The van der Waals surface area contributed by atoms with Gasteiger partial charge in [-0.2, -0.15) is 0 Å². The van der Waals surface area contributed by atoms with Gasteiger partial charge < -0.3 is 5.11 Å². The van der Waals surface area contributed by atoms with Crippen LogP contribution in [0, 0.1) is 23.7 Å². The van der Waals surface area contributed by atoms with E-state index in [1.54, 1.807) is 0 Å². The molecule has 1 N–H and O–H groups in total. The fourth-order valence-corrected chi connectivity index (χ4v) is 5.81. The molecule has 0 aromatic heterocycles. The van der Waals surface area contributed by atoms with Crippen molar-refractivity contribution in [3.8, 4) is 5.75 Å². The maximum atomic E-state index is 9.40. The Bertz CT molecular complexity index is 518. The van der Waals surface area contributed by atoms with E-state index in [0.717, 1.165) is 23.7 Å². The monoisotopic (exact) mass is 384 g/mol. The van der Waals surface area contributed by atoms with Gasteiger partial charge in [0.05, 0.1) is 0 Å². The first-order valence-corrected chi connectivity index (χ1v) is 12.5. The van der Waals surface area contributed by atoms with Crippen molar-refractivity contribution in [3.05, 3.63) is 29.8 Å². The van der Waals surface area contributed by atoms with Crippen LogP contribution in [0.5, 0.6) is 5.75 Å². The number of aryl methyl sites for hydroxylation is 1. The van der Waals surface area contributed by atoms with Gasteiger partial charge in [0.25, 0.3) is 0 Å². The molecule has 3 rings (SSSR count). The minimum absolute atomic E-state index is 0.384. The van der Waals surface area contributed by atoms with Gasteiger partial charge in [0.15, 0.2) is 0 Å². The highest BCUT2D eigenvalue weighted by Gasteiger charge is 2.24. The Morgan fingerprint density at radius 2 is 1.11 bits per heavy atom. The lowest BCUT2D eigenvalue weighted by atomic mass is 9.74. The van der Waals surface area contributed by atoms with Crippen molar-refractivity contribution in [1.29, 1.82) is 0 Å². The molecule has 0 heterocycles. The molecule has 28 heavy (non-hydrogen) atoms. The molecular formula is C27H44O. The average molecular weight is 385 g/mol. The molecule has 0 atom stereocenters. The predicted molar refractivity (Wildman–Crippen MR) is 121 cm³/mol. The summed E-state index contributed by atoms with van der Waals surface area (Å²) >= 11 is 0. The van der Waals surface area contributed by atoms with Gasteiger partial charge >= 0.3 is 0 Å². The van der Waals surface area contributed by atoms with Crippen molar-refractivity contribution in [3.63, 3.8) is 0 Å². The number of rotatable bonds is 10. The molecule has 0 spiro atoms. The average Bonchev–Trinajstić information content (AvgIpc) is 2.74. The minimum Gasteiger partial charge on any atom is -0.508 e. The molecule has 2 saturated carbocycles. The van der Waals surface area contributed by atoms with E-state index in [4.69, 9.17) is 0 Å². The van der Waals surface area contributed by atoms with Crippen molar-refractivity contribution in [2.75, 3.05) is 0 Å². The van der Waals surface area contributed by atoms with Gasteiger partial charge in [-0.3, -0.25) is 0 Å². The van der Waals surface area contributed by atoms with E-state index in [1.807, 2.05) is 12.1 Å². The molecule has 2 aliphatic rings. The van der Waals surface area contributed by atoms with Gasteiger partial charge in [-0.05, 0) is 54.2 Å². The maximum Gasteiger partial charge on any atom is 0.115 e. The third-order valence-electron chi connectivity index (χ3n) is 7.91. The molecule has 1 aromatic carbocycles. The summed E-state index contributed by atoms with van der Waals surface area (Å²) < 4.78 is 0. The summed E-state index contributed by atoms with van der Waals surface area (Å²) in [7, 11) is 0. The summed E-state index contributed by atoms with van der Waals surface area (Å²) in [6, 6.07) is 7.81. The first-order valence-electron chi connectivity index (χ1n) is 12.5. The van der Waals surface area contributed by atoms with Crippen molar-refractivity contribution < 1.29 is 5.11 Å². The number of hydrogen-bond acceptors (Lipinski definition) is 1. The van der Waals surface area contributed by atoms with Crippen molar-refractivity contribution >= 4 is 0 Å². The summed E-state index contributed by atoms with van der Waals surface area (Å²) in [6.07, 6.45) is 23.3. The Labute approximate surface area is 174 Å². The Kier molecular flexibility index (Phi) is 9.22. The lowest BCUT2D eigenvalue weighted by Gasteiger charge is -2.32. The van der Waals surface area contributed by atoms with E-state index >= 15 is 0 Å². The molecular weight excluding hydrogens is 340 g/mol. The molecule has 2 aliphatic carbocycles. The number of benzene rings is 1. The molecule has 0 radical (unpaired) electrons. The molecule has 0 bridgehead atoms. The third-order valence-corrected chi connectivity index (χ3v) is 7.91. The Hall–Kier alpha value is -0.980. The molecule has 2 fully saturated rings. The minimum atomic E-state index is 0.384. The normalized spacial score (nSPS) is 28.3. The van der Waals surface area contributed by atoms with E-state index < -0.39 is 0 Å². The molecule has 1 aromatic rings. The van der Waals surface area contributed by atoms with Gasteiger partial charge in [-0.15, -0.1) is 0 Å². The van der Waals surface area contributed by atoms with Crippen LogP contribution in [-0.2, 0) is 6.42 Å². The number of phenols is 1. The van der Waals surface area contributed by atoms with Crippen molar-refractivity contribution in [2.45, 2.75) is 110 Å². The van der Waals surface area contributed by atoms with Crippen LogP contribution in [0.15, 0.2) is 24.3 Å².